The molecule has 0 aliphatic heterocycles. The van der Waals surface area contributed by atoms with Crippen LogP contribution in [0, 0.1) is 17.2 Å². The maximum Gasteiger partial charge on any atom is 0.0640 e. The average molecular weight is 259 g/mol. The third-order valence-corrected chi connectivity index (χ3v) is 3.20. The summed E-state index contributed by atoms with van der Waals surface area (Å²) >= 11 is 0. The molecule has 0 fully saturated rings. The first-order valence-electron chi connectivity index (χ1n) is 7.06. The number of hydrogen-bond donors (Lipinski definition) is 1. The highest BCUT2D eigenvalue weighted by Crippen LogP contribution is 2.27. The summed E-state index contributed by atoms with van der Waals surface area (Å²) in [6.45, 7) is 8.21. The van der Waals surface area contributed by atoms with Crippen LogP contribution in [-0.4, -0.2) is 13.1 Å². The predicted octanol–water partition coefficient (Wildman–Crippen LogP) is 3.47. The highest BCUT2D eigenvalue weighted by molar-refractivity contribution is 5.55. The molecule has 1 aromatic rings. The van der Waals surface area contributed by atoms with Gasteiger partial charge in [0.05, 0.1) is 12.5 Å². The molecule has 0 saturated heterocycles. The summed E-state index contributed by atoms with van der Waals surface area (Å²) in [4.78, 5) is 2.29. The fourth-order valence-corrected chi connectivity index (χ4v) is 2.24. The van der Waals surface area contributed by atoms with Crippen LogP contribution in [0.5, 0.6) is 0 Å². The number of benzene rings is 1. The molecule has 104 valence electrons. The summed E-state index contributed by atoms with van der Waals surface area (Å²) in [5, 5.41) is 8.82. The summed E-state index contributed by atoms with van der Waals surface area (Å²) in [6.07, 6.45) is 1.47. The Morgan fingerprint density at radius 1 is 1.32 bits per heavy atom. The summed E-state index contributed by atoms with van der Waals surface area (Å²) in [5.74, 6) is 0.560. The summed E-state index contributed by atoms with van der Waals surface area (Å²) in [5.41, 5.74) is 8.57. The van der Waals surface area contributed by atoms with E-state index in [2.05, 4.69) is 43.9 Å². The van der Waals surface area contributed by atoms with Gasteiger partial charge >= 0.3 is 0 Å². The molecule has 0 aliphatic carbocycles. The lowest BCUT2D eigenvalue weighted by atomic mass is 10.0. The lowest BCUT2D eigenvalue weighted by molar-refractivity contribution is 0.605. The van der Waals surface area contributed by atoms with Gasteiger partial charge in [0.25, 0.3) is 0 Å². The van der Waals surface area contributed by atoms with Gasteiger partial charge in [0.2, 0.25) is 0 Å². The Hall–Kier alpha value is -1.53. The van der Waals surface area contributed by atoms with E-state index >= 15 is 0 Å². The number of anilines is 1. The summed E-state index contributed by atoms with van der Waals surface area (Å²) in [7, 11) is 0. The molecule has 3 heteroatoms. The van der Waals surface area contributed by atoms with Crippen LogP contribution in [-0.2, 0) is 0 Å². The van der Waals surface area contributed by atoms with E-state index in [0.717, 1.165) is 19.5 Å². The van der Waals surface area contributed by atoms with Crippen LogP contribution in [0.3, 0.4) is 0 Å². The molecular weight excluding hydrogens is 234 g/mol. The van der Waals surface area contributed by atoms with Crippen molar-refractivity contribution in [3.8, 4) is 6.07 Å². The van der Waals surface area contributed by atoms with Crippen molar-refractivity contribution in [2.75, 3.05) is 18.0 Å². The molecule has 0 bridgehead atoms. The van der Waals surface area contributed by atoms with Gasteiger partial charge in [-0.1, -0.05) is 39.0 Å². The van der Waals surface area contributed by atoms with Crippen molar-refractivity contribution in [1.29, 1.82) is 5.26 Å². The third-order valence-electron chi connectivity index (χ3n) is 3.20. The first-order chi connectivity index (χ1) is 9.10. The number of para-hydroxylation sites is 1. The molecule has 0 aromatic heterocycles. The van der Waals surface area contributed by atoms with Gasteiger partial charge in [-0.25, -0.2) is 0 Å². The standard InChI is InChI=1S/C16H25N3/c1-4-15(18)14-8-5-6-9-16(14)19(11-7-10-17)12-13(2)3/h5-6,8-9,13,15H,4,7,11-12,18H2,1-3H3/t15-/m0/s1. The van der Waals surface area contributed by atoms with Crippen LogP contribution in [0.4, 0.5) is 5.69 Å². The molecule has 1 atom stereocenters. The monoisotopic (exact) mass is 259 g/mol. The van der Waals surface area contributed by atoms with Crippen molar-refractivity contribution in [1.82, 2.24) is 0 Å². The maximum atomic E-state index is 8.82. The fourth-order valence-electron chi connectivity index (χ4n) is 2.24. The van der Waals surface area contributed by atoms with Crippen LogP contribution < -0.4 is 10.6 Å². The smallest absolute Gasteiger partial charge is 0.0640 e. The van der Waals surface area contributed by atoms with Crippen LogP contribution in [0.2, 0.25) is 0 Å². The highest BCUT2D eigenvalue weighted by Gasteiger charge is 2.15. The van der Waals surface area contributed by atoms with Crippen molar-refractivity contribution >= 4 is 5.69 Å². The Balaban J connectivity index is 3.03. The number of nitriles is 1. The Kier molecular flexibility index (Phi) is 6.38. The first-order valence-corrected chi connectivity index (χ1v) is 7.06. The van der Waals surface area contributed by atoms with Crippen LogP contribution in [0.1, 0.15) is 45.2 Å². The molecule has 0 aliphatic rings. The van der Waals surface area contributed by atoms with Gasteiger partial charge in [-0.15, -0.1) is 0 Å². The van der Waals surface area contributed by atoms with E-state index in [1.807, 2.05) is 12.1 Å². The average Bonchev–Trinajstić information content (AvgIpc) is 2.42. The molecule has 0 unspecified atom stereocenters. The predicted molar refractivity (Wildman–Crippen MR) is 80.9 cm³/mol. The summed E-state index contributed by atoms with van der Waals surface area (Å²) < 4.78 is 0. The minimum atomic E-state index is 0.0629. The molecule has 0 amide bonds. The van der Waals surface area contributed by atoms with Gasteiger partial charge in [0.1, 0.15) is 0 Å². The van der Waals surface area contributed by atoms with Gasteiger partial charge in [0.15, 0.2) is 0 Å². The highest BCUT2D eigenvalue weighted by atomic mass is 15.1. The Labute approximate surface area is 117 Å². The number of rotatable bonds is 7. The van der Waals surface area contributed by atoms with E-state index in [1.54, 1.807) is 0 Å². The second kappa shape index (κ2) is 7.81. The van der Waals surface area contributed by atoms with Crippen molar-refractivity contribution < 1.29 is 0 Å². The molecule has 0 spiro atoms. The van der Waals surface area contributed by atoms with Crippen LogP contribution in [0.15, 0.2) is 24.3 Å². The van der Waals surface area contributed by atoms with E-state index in [1.165, 1.54) is 11.3 Å². The molecule has 3 nitrogen and oxygen atoms in total. The molecule has 1 aromatic carbocycles. The third kappa shape index (κ3) is 4.57. The van der Waals surface area contributed by atoms with Crippen LogP contribution >= 0.6 is 0 Å². The van der Waals surface area contributed by atoms with Crippen molar-refractivity contribution in [2.24, 2.45) is 11.7 Å². The van der Waals surface area contributed by atoms with Gasteiger partial charge in [-0.05, 0) is 24.0 Å². The SMILES string of the molecule is CC[C@H](N)c1ccccc1N(CCC#N)CC(C)C. The van der Waals surface area contributed by atoms with E-state index < -0.39 is 0 Å². The topological polar surface area (TPSA) is 53.0 Å². The van der Waals surface area contributed by atoms with E-state index in [-0.39, 0.29) is 6.04 Å². The lowest BCUT2D eigenvalue weighted by Crippen LogP contribution is -2.30. The molecule has 0 radical (unpaired) electrons. The van der Waals surface area contributed by atoms with E-state index in [9.17, 15) is 0 Å². The van der Waals surface area contributed by atoms with Gasteiger partial charge in [-0.2, -0.15) is 5.26 Å². The first kappa shape index (κ1) is 15.5. The largest absolute Gasteiger partial charge is 0.370 e. The minimum absolute atomic E-state index is 0.0629. The number of nitrogens with zero attached hydrogens (tertiary/aromatic N) is 2. The fraction of sp³-hybridized carbons (Fsp3) is 0.562. The molecule has 19 heavy (non-hydrogen) atoms. The molecule has 0 saturated carbocycles. The van der Waals surface area contributed by atoms with Gasteiger partial charge < -0.3 is 10.6 Å². The zero-order valence-corrected chi connectivity index (χ0v) is 12.3. The Bertz CT molecular complexity index is 420. The van der Waals surface area contributed by atoms with Crippen molar-refractivity contribution in [2.45, 2.75) is 39.7 Å². The van der Waals surface area contributed by atoms with Crippen LogP contribution in [0.25, 0.3) is 0 Å². The van der Waals surface area contributed by atoms with Gasteiger partial charge in [-0.3, -0.25) is 0 Å². The zero-order valence-electron chi connectivity index (χ0n) is 12.3. The Morgan fingerprint density at radius 3 is 2.58 bits per heavy atom. The van der Waals surface area contributed by atoms with E-state index in [0.29, 0.717) is 12.3 Å². The van der Waals surface area contributed by atoms with Crippen molar-refractivity contribution in [3.63, 3.8) is 0 Å². The van der Waals surface area contributed by atoms with Gasteiger partial charge in [0, 0.05) is 24.8 Å². The molecule has 1 rings (SSSR count). The lowest BCUT2D eigenvalue weighted by Gasteiger charge is -2.29. The number of nitrogens with two attached hydrogens (primary N) is 1. The quantitative estimate of drug-likeness (QED) is 0.815. The molecule has 2 N–H and O–H groups in total. The maximum absolute atomic E-state index is 8.82. The molecule has 0 heterocycles. The zero-order chi connectivity index (χ0) is 14.3. The Morgan fingerprint density at radius 2 is 2.00 bits per heavy atom. The summed E-state index contributed by atoms with van der Waals surface area (Å²) in [6, 6.07) is 10.6. The second-order valence-corrected chi connectivity index (χ2v) is 5.32. The van der Waals surface area contributed by atoms with Crippen molar-refractivity contribution in [3.05, 3.63) is 29.8 Å². The second-order valence-electron chi connectivity index (χ2n) is 5.32. The molecular formula is C16H25N3. The normalized spacial score (nSPS) is 12.2. The number of hydrogen-bond acceptors (Lipinski definition) is 3. The minimum Gasteiger partial charge on any atom is -0.370 e. The van der Waals surface area contributed by atoms with E-state index in [4.69, 9.17) is 11.0 Å².